The van der Waals surface area contributed by atoms with Crippen LogP contribution in [0.5, 0.6) is 0 Å². The van der Waals surface area contributed by atoms with E-state index in [-0.39, 0.29) is 5.91 Å². The molecule has 4 heteroatoms. The monoisotopic (exact) mass is 185 g/mol. The second-order valence-corrected chi connectivity index (χ2v) is 3.70. The fourth-order valence-electron chi connectivity index (χ4n) is 1.68. The number of carbonyl (C=O) groups excluding carboxylic acids is 1. The van der Waals surface area contributed by atoms with Gasteiger partial charge in [0, 0.05) is 25.6 Å². The molecule has 1 unspecified atom stereocenters. The largest absolute Gasteiger partial charge is 0.370 e. The number of likely N-dealkylation sites (N-methyl/N-ethyl adjacent to an activating group) is 1. The number of piperidine rings is 1. The van der Waals surface area contributed by atoms with Gasteiger partial charge in [0.15, 0.2) is 0 Å². The fourth-order valence-corrected chi connectivity index (χ4v) is 1.68. The lowest BCUT2D eigenvalue weighted by atomic mass is 10.1. The van der Waals surface area contributed by atoms with Crippen LogP contribution in [0.4, 0.5) is 0 Å². The summed E-state index contributed by atoms with van der Waals surface area (Å²) >= 11 is 0. The van der Waals surface area contributed by atoms with Crippen molar-refractivity contribution in [3.8, 4) is 0 Å². The van der Waals surface area contributed by atoms with Crippen molar-refractivity contribution in [2.75, 3.05) is 26.7 Å². The van der Waals surface area contributed by atoms with Gasteiger partial charge in [0.25, 0.3) is 0 Å². The first-order chi connectivity index (χ1) is 6.20. The van der Waals surface area contributed by atoms with Crippen molar-refractivity contribution in [1.29, 1.82) is 0 Å². The van der Waals surface area contributed by atoms with Crippen molar-refractivity contribution in [2.24, 2.45) is 5.73 Å². The van der Waals surface area contributed by atoms with Crippen LogP contribution in [-0.4, -0.2) is 43.5 Å². The van der Waals surface area contributed by atoms with Crippen LogP contribution < -0.4 is 11.1 Å². The standard InChI is InChI=1S/C9H19N3O/c1-12(6-4-9(10)13)8-3-2-5-11-7-8/h8,11H,2-7H2,1H3,(H2,10,13). The van der Waals surface area contributed by atoms with Crippen LogP contribution in [0.25, 0.3) is 0 Å². The third-order valence-electron chi connectivity index (χ3n) is 2.61. The number of nitrogens with zero attached hydrogens (tertiary/aromatic N) is 1. The molecule has 76 valence electrons. The second-order valence-electron chi connectivity index (χ2n) is 3.70. The fraction of sp³-hybridized carbons (Fsp3) is 0.889. The molecule has 0 aromatic rings. The molecule has 0 saturated carbocycles. The summed E-state index contributed by atoms with van der Waals surface area (Å²) in [5, 5.41) is 3.35. The second kappa shape index (κ2) is 5.19. The Morgan fingerprint density at radius 2 is 2.46 bits per heavy atom. The van der Waals surface area contributed by atoms with Crippen LogP contribution in [0.15, 0.2) is 0 Å². The van der Waals surface area contributed by atoms with E-state index < -0.39 is 0 Å². The average molecular weight is 185 g/mol. The first kappa shape index (κ1) is 10.5. The highest BCUT2D eigenvalue weighted by molar-refractivity contribution is 5.73. The van der Waals surface area contributed by atoms with E-state index in [9.17, 15) is 4.79 Å². The average Bonchev–Trinajstić information content (AvgIpc) is 2.15. The Hall–Kier alpha value is -0.610. The maximum absolute atomic E-state index is 10.6. The molecule has 3 N–H and O–H groups in total. The predicted octanol–water partition coefficient (Wildman–Crippen LogP) is -0.454. The van der Waals surface area contributed by atoms with Gasteiger partial charge in [0.1, 0.15) is 0 Å². The summed E-state index contributed by atoms with van der Waals surface area (Å²) in [6.07, 6.45) is 2.92. The van der Waals surface area contributed by atoms with E-state index in [1.807, 2.05) is 0 Å². The van der Waals surface area contributed by atoms with Crippen molar-refractivity contribution in [1.82, 2.24) is 10.2 Å². The minimum atomic E-state index is -0.212. The van der Waals surface area contributed by atoms with Gasteiger partial charge in [0.05, 0.1) is 0 Å². The van der Waals surface area contributed by atoms with Gasteiger partial charge in [0.2, 0.25) is 5.91 Å². The first-order valence-corrected chi connectivity index (χ1v) is 4.89. The molecule has 0 aromatic heterocycles. The minimum Gasteiger partial charge on any atom is -0.370 e. The first-order valence-electron chi connectivity index (χ1n) is 4.89. The Bertz CT molecular complexity index is 166. The van der Waals surface area contributed by atoms with E-state index in [0.717, 1.165) is 19.6 Å². The van der Waals surface area contributed by atoms with E-state index in [4.69, 9.17) is 5.73 Å². The van der Waals surface area contributed by atoms with Crippen LogP contribution >= 0.6 is 0 Å². The maximum Gasteiger partial charge on any atom is 0.218 e. The van der Waals surface area contributed by atoms with Crippen LogP contribution in [-0.2, 0) is 4.79 Å². The summed E-state index contributed by atoms with van der Waals surface area (Å²) in [5.74, 6) is -0.212. The minimum absolute atomic E-state index is 0.212. The lowest BCUT2D eigenvalue weighted by molar-refractivity contribution is -0.118. The summed E-state index contributed by atoms with van der Waals surface area (Å²) in [6, 6.07) is 0.577. The van der Waals surface area contributed by atoms with Gasteiger partial charge in [-0.1, -0.05) is 0 Å². The third-order valence-corrected chi connectivity index (χ3v) is 2.61. The third kappa shape index (κ3) is 3.74. The zero-order valence-corrected chi connectivity index (χ0v) is 8.25. The van der Waals surface area contributed by atoms with E-state index in [2.05, 4.69) is 17.3 Å². The zero-order valence-electron chi connectivity index (χ0n) is 8.25. The Morgan fingerprint density at radius 1 is 1.69 bits per heavy atom. The highest BCUT2D eigenvalue weighted by Crippen LogP contribution is 2.08. The maximum atomic E-state index is 10.6. The smallest absolute Gasteiger partial charge is 0.218 e. The van der Waals surface area contributed by atoms with Crippen molar-refractivity contribution in [3.05, 3.63) is 0 Å². The Labute approximate surface area is 79.5 Å². The van der Waals surface area contributed by atoms with Crippen LogP contribution in [0.3, 0.4) is 0 Å². The van der Waals surface area contributed by atoms with Gasteiger partial charge in [-0.2, -0.15) is 0 Å². The highest BCUT2D eigenvalue weighted by Gasteiger charge is 2.17. The molecule has 1 aliphatic heterocycles. The molecule has 1 saturated heterocycles. The lowest BCUT2D eigenvalue weighted by Crippen LogP contribution is -2.44. The summed E-state index contributed by atoms with van der Waals surface area (Å²) in [6.45, 7) is 2.94. The van der Waals surface area contributed by atoms with E-state index in [1.54, 1.807) is 0 Å². The number of primary amides is 1. The number of nitrogens with two attached hydrogens (primary N) is 1. The van der Waals surface area contributed by atoms with Crippen LogP contribution in [0.2, 0.25) is 0 Å². The molecule has 1 heterocycles. The SMILES string of the molecule is CN(CCC(N)=O)C1CCCNC1. The van der Waals surface area contributed by atoms with E-state index in [1.165, 1.54) is 12.8 Å². The molecule has 0 radical (unpaired) electrons. The molecule has 1 fully saturated rings. The molecule has 13 heavy (non-hydrogen) atoms. The molecule has 1 atom stereocenters. The molecular formula is C9H19N3O. The van der Waals surface area contributed by atoms with Gasteiger partial charge in [-0.3, -0.25) is 4.79 Å². The number of carbonyl (C=O) groups is 1. The summed E-state index contributed by atoms with van der Waals surface area (Å²) in [7, 11) is 2.06. The zero-order chi connectivity index (χ0) is 9.68. The summed E-state index contributed by atoms with van der Waals surface area (Å²) in [5.41, 5.74) is 5.09. The molecular weight excluding hydrogens is 166 g/mol. The number of hydrogen-bond acceptors (Lipinski definition) is 3. The van der Waals surface area contributed by atoms with Crippen molar-refractivity contribution in [2.45, 2.75) is 25.3 Å². The van der Waals surface area contributed by atoms with Crippen molar-refractivity contribution in [3.63, 3.8) is 0 Å². The van der Waals surface area contributed by atoms with E-state index >= 15 is 0 Å². The number of amides is 1. The molecule has 4 nitrogen and oxygen atoms in total. The number of nitrogens with one attached hydrogen (secondary N) is 1. The Balaban J connectivity index is 2.20. The van der Waals surface area contributed by atoms with Gasteiger partial charge < -0.3 is 16.0 Å². The highest BCUT2D eigenvalue weighted by atomic mass is 16.1. The molecule has 0 bridgehead atoms. The van der Waals surface area contributed by atoms with E-state index in [0.29, 0.717) is 12.5 Å². The lowest BCUT2D eigenvalue weighted by Gasteiger charge is -2.31. The van der Waals surface area contributed by atoms with Gasteiger partial charge in [-0.25, -0.2) is 0 Å². The van der Waals surface area contributed by atoms with Crippen LogP contribution in [0.1, 0.15) is 19.3 Å². The summed E-state index contributed by atoms with van der Waals surface area (Å²) in [4.78, 5) is 12.8. The van der Waals surface area contributed by atoms with Gasteiger partial charge in [-0.05, 0) is 26.4 Å². The molecule has 0 aliphatic carbocycles. The number of rotatable bonds is 4. The molecule has 1 aliphatic rings. The van der Waals surface area contributed by atoms with Crippen LogP contribution in [0, 0.1) is 0 Å². The molecule has 0 spiro atoms. The summed E-state index contributed by atoms with van der Waals surface area (Å²) < 4.78 is 0. The quantitative estimate of drug-likeness (QED) is 0.623. The topological polar surface area (TPSA) is 58.4 Å². The molecule has 1 amide bonds. The van der Waals surface area contributed by atoms with Gasteiger partial charge in [-0.15, -0.1) is 0 Å². The normalized spacial score (nSPS) is 23.4. The Kier molecular flexibility index (Phi) is 4.18. The van der Waals surface area contributed by atoms with Crippen molar-refractivity contribution >= 4 is 5.91 Å². The number of hydrogen-bond donors (Lipinski definition) is 2. The predicted molar refractivity (Wildman–Crippen MR) is 52.3 cm³/mol. The Morgan fingerprint density at radius 3 is 3.00 bits per heavy atom. The molecule has 0 aromatic carbocycles. The van der Waals surface area contributed by atoms with Gasteiger partial charge >= 0.3 is 0 Å². The van der Waals surface area contributed by atoms with Crippen molar-refractivity contribution < 1.29 is 4.79 Å². The molecule has 1 rings (SSSR count).